The highest BCUT2D eigenvalue weighted by atomic mass is 35.5. The van der Waals surface area contributed by atoms with Crippen LogP contribution in [-0.4, -0.2) is 40.8 Å². The molecule has 0 radical (unpaired) electrons. The van der Waals surface area contributed by atoms with Gasteiger partial charge in [0.25, 0.3) is 0 Å². The van der Waals surface area contributed by atoms with Crippen LogP contribution in [-0.2, 0) is 13.0 Å². The minimum absolute atomic E-state index is 0.167. The Hall–Kier alpha value is -1.85. The zero-order valence-electron chi connectivity index (χ0n) is 14.2. The van der Waals surface area contributed by atoms with Crippen LogP contribution in [0.4, 0.5) is 11.6 Å². The third-order valence-corrected chi connectivity index (χ3v) is 5.51. The minimum atomic E-state index is 0.167. The van der Waals surface area contributed by atoms with Crippen molar-refractivity contribution >= 4 is 23.2 Å². The van der Waals surface area contributed by atoms with Crippen molar-refractivity contribution in [3.63, 3.8) is 0 Å². The molecule has 1 atom stereocenters. The summed E-state index contributed by atoms with van der Waals surface area (Å²) in [6.07, 6.45) is 5.95. The van der Waals surface area contributed by atoms with Crippen molar-refractivity contribution in [2.75, 3.05) is 29.5 Å². The van der Waals surface area contributed by atoms with Crippen molar-refractivity contribution < 1.29 is 5.11 Å². The lowest BCUT2D eigenvalue weighted by atomic mass is 10.00. The molecular formula is C19H23ClN4O. The summed E-state index contributed by atoms with van der Waals surface area (Å²) in [5, 5.41) is 10.5. The lowest BCUT2D eigenvalue weighted by Crippen LogP contribution is -2.42. The average Bonchev–Trinajstić information content (AvgIpc) is 2.67. The number of hydrogen-bond acceptors (Lipinski definition) is 5. The molecule has 5 nitrogen and oxygen atoms in total. The molecule has 25 heavy (non-hydrogen) atoms. The molecule has 1 N–H and O–H groups in total. The number of aliphatic hydroxyl groups excluding tert-OH is 1. The summed E-state index contributed by atoms with van der Waals surface area (Å²) in [6.45, 7) is 2.89. The number of benzene rings is 1. The van der Waals surface area contributed by atoms with Gasteiger partial charge in [-0.2, -0.15) is 0 Å². The van der Waals surface area contributed by atoms with E-state index in [2.05, 4.69) is 38.0 Å². The van der Waals surface area contributed by atoms with E-state index >= 15 is 0 Å². The molecule has 4 rings (SSSR count). The van der Waals surface area contributed by atoms with Crippen molar-refractivity contribution in [1.82, 2.24) is 9.97 Å². The van der Waals surface area contributed by atoms with Crippen LogP contribution in [0, 0.1) is 0 Å². The Morgan fingerprint density at radius 1 is 1.08 bits per heavy atom. The maximum Gasteiger partial charge on any atom is 0.134 e. The molecule has 1 fully saturated rings. The van der Waals surface area contributed by atoms with Gasteiger partial charge < -0.3 is 14.9 Å². The first-order chi connectivity index (χ1) is 12.2. The third kappa shape index (κ3) is 3.44. The Morgan fingerprint density at radius 2 is 1.96 bits per heavy atom. The molecule has 0 saturated carbocycles. The summed E-state index contributed by atoms with van der Waals surface area (Å²) < 4.78 is 0. The molecule has 0 spiro atoms. The molecule has 3 heterocycles. The quantitative estimate of drug-likeness (QED) is 0.914. The first-order valence-electron chi connectivity index (χ1n) is 8.96. The van der Waals surface area contributed by atoms with E-state index in [0.29, 0.717) is 0 Å². The van der Waals surface area contributed by atoms with Gasteiger partial charge in [-0.15, -0.1) is 0 Å². The van der Waals surface area contributed by atoms with Gasteiger partial charge in [-0.25, -0.2) is 9.97 Å². The lowest BCUT2D eigenvalue weighted by Gasteiger charge is -2.36. The predicted octanol–water partition coefficient (Wildman–Crippen LogP) is 3.04. The molecule has 0 amide bonds. The Bertz CT molecular complexity index is 754. The second-order valence-corrected chi connectivity index (χ2v) is 7.28. The first-order valence-corrected chi connectivity index (χ1v) is 9.34. The van der Waals surface area contributed by atoms with Crippen molar-refractivity contribution in [3.8, 4) is 0 Å². The highest BCUT2D eigenvalue weighted by molar-refractivity contribution is 6.30. The second kappa shape index (κ2) is 7.18. The molecule has 1 saturated heterocycles. The zero-order chi connectivity index (χ0) is 17.2. The van der Waals surface area contributed by atoms with Crippen LogP contribution >= 0.6 is 11.6 Å². The molecule has 0 aliphatic carbocycles. The maximum absolute atomic E-state index is 9.67. The van der Waals surface area contributed by atoms with Gasteiger partial charge in [-0.05, 0) is 48.9 Å². The summed E-state index contributed by atoms with van der Waals surface area (Å²) in [5.74, 6) is 1.87. The van der Waals surface area contributed by atoms with Crippen molar-refractivity contribution in [3.05, 3.63) is 46.7 Å². The van der Waals surface area contributed by atoms with Crippen LogP contribution in [0.15, 0.2) is 30.6 Å². The Labute approximate surface area is 153 Å². The van der Waals surface area contributed by atoms with Crippen LogP contribution in [0.25, 0.3) is 0 Å². The third-order valence-electron chi connectivity index (χ3n) is 5.27. The predicted molar refractivity (Wildman–Crippen MR) is 100 cm³/mol. The van der Waals surface area contributed by atoms with Crippen molar-refractivity contribution in [2.24, 2.45) is 0 Å². The number of aliphatic hydroxyl groups is 1. The van der Waals surface area contributed by atoms with Gasteiger partial charge in [0.2, 0.25) is 0 Å². The molecule has 1 aromatic carbocycles. The highest BCUT2D eigenvalue weighted by Gasteiger charge is 2.24. The minimum Gasteiger partial charge on any atom is -0.394 e. The Morgan fingerprint density at radius 3 is 2.84 bits per heavy atom. The van der Waals surface area contributed by atoms with E-state index in [-0.39, 0.29) is 12.6 Å². The van der Waals surface area contributed by atoms with Gasteiger partial charge in [0.05, 0.1) is 12.6 Å². The van der Waals surface area contributed by atoms with Crippen molar-refractivity contribution in [2.45, 2.75) is 38.3 Å². The fourth-order valence-corrected chi connectivity index (χ4v) is 4.07. The van der Waals surface area contributed by atoms with Gasteiger partial charge in [0.1, 0.15) is 18.0 Å². The molecule has 2 aliphatic rings. The standard InChI is InChI=1S/C19H23ClN4O/c20-16-5-4-15-11-23(8-6-14(15)9-16)18-10-19(22-13-21-18)24-7-2-1-3-17(24)12-25/h4-5,9-10,13,17,25H,1-3,6-8,11-12H2. The molecule has 6 heteroatoms. The van der Waals surface area contributed by atoms with E-state index in [1.54, 1.807) is 6.33 Å². The molecule has 0 bridgehead atoms. The SMILES string of the molecule is OCC1CCCCN1c1cc(N2CCc3cc(Cl)ccc3C2)ncn1. The summed E-state index contributed by atoms with van der Waals surface area (Å²) >= 11 is 6.10. The summed E-state index contributed by atoms with van der Waals surface area (Å²) in [4.78, 5) is 13.5. The largest absolute Gasteiger partial charge is 0.394 e. The number of halogens is 1. The van der Waals surface area contributed by atoms with Crippen LogP contribution in [0.1, 0.15) is 30.4 Å². The smallest absolute Gasteiger partial charge is 0.134 e. The van der Waals surface area contributed by atoms with Crippen LogP contribution < -0.4 is 9.80 Å². The number of piperidine rings is 1. The van der Waals surface area contributed by atoms with Crippen LogP contribution in [0.2, 0.25) is 5.02 Å². The number of rotatable bonds is 3. The molecular weight excluding hydrogens is 336 g/mol. The van der Waals surface area contributed by atoms with E-state index in [0.717, 1.165) is 55.6 Å². The first kappa shape index (κ1) is 16.6. The maximum atomic E-state index is 9.67. The normalized spacial score (nSPS) is 20.5. The monoisotopic (exact) mass is 358 g/mol. The summed E-state index contributed by atoms with van der Waals surface area (Å²) in [6, 6.07) is 8.36. The zero-order valence-corrected chi connectivity index (χ0v) is 15.0. The number of hydrogen-bond donors (Lipinski definition) is 1. The van der Waals surface area contributed by atoms with E-state index in [4.69, 9.17) is 11.6 Å². The molecule has 132 valence electrons. The van der Waals surface area contributed by atoms with Gasteiger partial charge in [-0.1, -0.05) is 17.7 Å². The second-order valence-electron chi connectivity index (χ2n) is 6.84. The van der Waals surface area contributed by atoms with E-state index in [9.17, 15) is 5.11 Å². The van der Waals surface area contributed by atoms with E-state index in [1.807, 2.05) is 6.07 Å². The number of aromatic nitrogens is 2. The van der Waals surface area contributed by atoms with Gasteiger partial charge >= 0.3 is 0 Å². The van der Waals surface area contributed by atoms with Gasteiger partial charge in [0, 0.05) is 30.7 Å². The average molecular weight is 359 g/mol. The number of fused-ring (bicyclic) bond motifs is 1. The fraction of sp³-hybridized carbons (Fsp3) is 0.474. The molecule has 1 aromatic heterocycles. The van der Waals surface area contributed by atoms with Gasteiger partial charge in [-0.3, -0.25) is 0 Å². The van der Waals surface area contributed by atoms with Gasteiger partial charge in [0.15, 0.2) is 0 Å². The lowest BCUT2D eigenvalue weighted by molar-refractivity contribution is 0.239. The summed E-state index contributed by atoms with van der Waals surface area (Å²) in [7, 11) is 0. The van der Waals surface area contributed by atoms with Crippen molar-refractivity contribution in [1.29, 1.82) is 0 Å². The Kier molecular flexibility index (Phi) is 4.77. The topological polar surface area (TPSA) is 52.5 Å². The number of nitrogens with zero attached hydrogens (tertiary/aromatic N) is 4. The van der Waals surface area contributed by atoms with E-state index < -0.39 is 0 Å². The Balaban J connectivity index is 1.56. The number of anilines is 2. The molecule has 1 unspecified atom stereocenters. The van der Waals surface area contributed by atoms with E-state index in [1.165, 1.54) is 17.5 Å². The fourth-order valence-electron chi connectivity index (χ4n) is 3.88. The van der Waals surface area contributed by atoms with Crippen LogP contribution in [0.5, 0.6) is 0 Å². The highest BCUT2D eigenvalue weighted by Crippen LogP contribution is 2.28. The molecule has 2 aromatic rings. The molecule has 2 aliphatic heterocycles. The summed E-state index contributed by atoms with van der Waals surface area (Å²) in [5.41, 5.74) is 2.64. The van der Waals surface area contributed by atoms with Crippen LogP contribution in [0.3, 0.4) is 0 Å².